The van der Waals surface area contributed by atoms with Crippen molar-refractivity contribution in [1.29, 1.82) is 0 Å². The minimum atomic E-state index is 0.130. The van der Waals surface area contributed by atoms with Crippen LogP contribution < -0.4 is 10.6 Å². The molecule has 1 heterocycles. The molecule has 1 aromatic heterocycles. The first-order chi connectivity index (χ1) is 12.7. The van der Waals surface area contributed by atoms with Gasteiger partial charge in [0.25, 0.3) is 0 Å². The largest absolute Gasteiger partial charge is 0.331 e. The van der Waals surface area contributed by atoms with Crippen LogP contribution in [0.4, 0.5) is 16.5 Å². The van der Waals surface area contributed by atoms with Gasteiger partial charge in [0.2, 0.25) is 5.91 Å². The molecule has 0 unspecified atom stereocenters. The van der Waals surface area contributed by atoms with Crippen molar-refractivity contribution in [3.05, 3.63) is 58.9 Å². The lowest BCUT2D eigenvalue weighted by molar-refractivity contribution is -0.122. The lowest BCUT2D eigenvalue weighted by Gasteiger charge is -2.24. The first kappa shape index (κ1) is 17.1. The summed E-state index contributed by atoms with van der Waals surface area (Å²) in [5, 5.41) is 9.75. The molecule has 3 aromatic rings. The molecule has 0 saturated heterocycles. The molecule has 1 aliphatic rings. The summed E-state index contributed by atoms with van der Waals surface area (Å²) >= 11 is 7.55. The first-order valence-electron chi connectivity index (χ1n) is 8.57. The molecule has 132 valence electrons. The minimum Gasteiger partial charge on any atom is -0.331 e. The first-order valence-corrected chi connectivity index (χ1v) is 9.82. The second-order valence-corrected chi connectivity index (χ2v) is 7.66. The third-order valence-electron chi connectivity index (χ3n) is 4.50. The number of carbonyl (C=O) groups excluding carboxylic acids is 1. The van der Waals surface area contributed by atoms with Gasteiger partial charge in [-0.05, 0) is 43.2 Å². The molecule has 1 aliphatic carbocycles. The van der Waals surface area contributed by atoms with Crippen molar-refractivity contribution < 1.29 is 4.79 Å². The molecule has 26 heavy (non-hydrogen) atoms. The maximum atomic E-state index is 12.0. The molecule has 4 nitrogen and oxygen atoms in total. The van der Waals surface area contributed by atoms with E-state index in [1.165, 1.54) is 11.3 Å². The molecule has 0 radical (unpaired) electrons. The number of anilines is 3. The predicted octanol–water partition coefficient (Wildman–Crippen LogP) is 5.95. The highest BCUT2D eigenvalue weighted by Crippen LogP contribution is 2.30. The minimum absolute atomic E-state index is 0.130. The van der Waals surface area contributed by atoms with E-state index >= 15 is 0 Å². The second kappa shape index (κ2) is 7.48. The molecule has 6 heteroatoms. The molecular formula is C20H18ClN3OS. The number of aromatic nitrogens is 1. The number of thiazole rings is 1. The molecule has 0 spiro atoms. The van der Waals surface area contributed by atoms with Crippen molar-refractivity contribution in [2.24, 2.45) is 5.92 Å². The molecule has 0 atom stereocenters. The van der Waals surface area contributed by atoms with Gasteiger partial charge in [-0.25, -0.2) is 4.98 Å². The molecule has 1 saturated carbocycles. The Balaban J connectivity index is 1.43. The van der Waals surface area contributed by atoms with E-state index in [4.69, 9.17) is 11.6 Å². The quantitative estimate of drug-likeness (QED) is 0.572. The smallest absolute Gasteiger partial charge is 0.227 e. The molecule has 1 fully saturated rings. The number of nitrogens with zero attached hydrogens (tertiary/aromatic N) is 1. The fraction of sp³-hybridized carbons (Fsp3) is 0.200. The van der Waals surface area contributed by atoms with Gasteiger partial charge in [-0.15, -0.1) is 11.3 Å². The summed E-state index contributed by atoms with van der Waals surface area (Å²) in [5.41, 5.74) is 3.66. The lowest BCUT2D eigenvalue weighted by atomic mass is 9.85. The van der Waals surface area contributed by atoms with Crippen LogP contribution in [0.15, 0.2) is 53.9 Å². The highest BCUT2D eigenvalue weighted by molar-refractivity contribution is 7.14. The van der Waals surface area contributed by atoms with Crippen LogP contribution in [0.3, 0.4) is 0 Å². The van der Waals surface area contributed by atoms with Gasteiger partial charge in [0.15, 0.2) is 5.13 Å². The van der Waals surface area contributed by atoms with E-state index in [0.29, 0.717) is 5.02 Å². The second-order valence-electron chi connectivity index (χ2n) is 6.37. The Hall–Kier alpha value is -2.37. The average Bonchev–Trinajstić information content (AvgIpc) is 3.02. The molecule has 1 amide bonds. The van der Waals surface area contributed by atoms with Gasteiger partial charge >= 0.3 is 0 Å². The third kappa shape index (κ3) is 3.89. The number of halogens is 1. The topological polar surface area (TPSA) is 54.0 Å². The Morgan fingerprint density at radius 1 is 1.12 bits per heavy atom. The summed E-state index contributed by atoms with van der Waals surface area (Å²) in [6.07, 6.45) is 3.17. The Morgan fingerprint density at radius 2 is 1.92 bits per heavy atom. The monoisotopic (exact) mass is 383 g/mol. The van der Waals surface area contributed by atoms with Crippen LogP contribution in [-0.2, 0) is 4.79 Å². The van der Waals surface area contributed by atoms with E-state index in [0.717, 1.165) is 47.0 Å². The summed E-state index contributed by atoms with van der Waals surface area (Å²) < 4.78 is 0. The van der Waals surface area contributed by atoms with Crippen molar-refractivity contribution in [2.45, 2.75) is 19.3 Å². The van der Waals surface area contributed by atoms with Gasteiger partial charge in [-0.1, -0.05) is 36.2 Å². The maximum absolute atomic E-state index is 12.0. The Bertz CT molecular complexity index is 919. The van der Waals surface area contributed by atoms with E-state index in [1.54, 1.807) is 0 Å². The highest BCUT2D eigenvalue weighted by Gasteiger charge is 2.25. The summed E-state index contributed by atoms with van der Waals surface area (Å²) in [6, 6.07) is 15.4. The van der Waals surface area contributed by atoms with Crippen molar-refractivity contribution in [3.63, 3.8) is 0 Å². The van der Waals surface area contributed by atoms with Crippen LogP contribution in [0.2, 0.25) is 5.02 Å². The summed E-state index contributed by atoms with van der Waals surface area (Å²) in [7, 11) is 0. The zero-order valence-electron chi connectivity index (χ0n) is 14.0. The van der Waals surface area contributed by atoms with Gasteiger partial charge in [0.1, 0.15) is 0 Å². The molecule has 0 bridgehead atoms. The van der Waals surface area contributed by atoms with Gasteiger partial charge in [0.05, 0.1) is 5.69 Å². The Kier molecular flexibility index (Phi) is 4.91. The number of nitrogens with one attached hydrogen (secondary N) is 2. The summed E-state index contributed by atoms with van der Waals surface area (Å²) in [6.45, 7) is 0. The van der Waals surface area contributed by atoms with Crippen molar-refractivity contribution in [3.8, 4) is 11.3 Å². The Morgan fingerprint density at radius 3 is 2.62 bits per heavy atom. The van der Waals surface area contributed by atoms with Crippen LogP contribution in [0.1, 0.15) is 19.3 Å². The van der Waals surface area contributed by atoms with Crippen LogP contribution >= 0.6 is 22.9 Å². The third-order valence-corrected chi connectivity index (χ3v) is 5.50. The van der Waals surface area contributed by atoms with E-state index in [-0.39, 0.29) is 11.8 Å². The van der Waals surface area contributed by atoms with E-state index in [1.807, 2.05) is 53.9 Å². The lowest BCUT2D eigenvalue weighted by Crippen LogP contribution is -2.27. The molecule has 2 N–H and O–H groups in total. The SMILES string of the molecule is O=C(Nc1ccc(-c2csc(Nc3cccc(Cl)c3)n2)cc1)C1CCC1. The van der Waals surface area contributed by atoms with Gasteiger partial charge in [-0.2, -0.15) is 0 Å². The standard InChI is InChI=1S/C20H18ClN3OS/c21-15-5-2-6-17(11-15)23-20-24-18(12-26-20)13-7-9-16(10-8-13)22-19(25)14-3-1-4-14/h2,5-12,14H,1,3-4H2,(H,22,25)(H,23,24). The highest BCUT2D eigenvalue weighted by atomic mass is 35.5. The summed E-state index contributed by atoms with van der Waals surface area (Å²) in [5.74, 6) is 0.319. The average molecular weight is 384 g/mol. The summed E-state index contributed by atoms with van der Waals surface area (Å²) in [4.78, 5) is 16.6. The fourth-order valence-electron chi connectivity index (χ4n) is 2.79. The van der Waals surface area contributed by atoms with Gasteiger partial charge in [0, 0.05) is 33.3 Å². The van der Waals surface area contributed by atoms with Crippen LogP contribution in [0.5, 0.6) is 0 Å². The molecule has 4 rings (SSSR count). The number of carbonyl (C=O) groups is 1. The number of hydrogen-bond acceptors (Lipinski definition) is 4. The van der Waals surface area contributed by atoms with E-state index in [2.05, 4.69) is 15.6 Å². The van der Waals surface area contributed by atoms with Crippen LogP contribution in [-0.4, -0.2) is 10.9 Å². The van der Waals surface area contributed by atoms with E-state index < -0.39 is 0 Å². The van der Waals surface area contributed by atoms with Crippen LogP contribution in [0.25, 0.3) is 11.3 Å². The molecule has 2 aromatic carbocycles. The van der Waals surface area contributed by atoms with Crippen molar-refractivity contribution in [2.75, 3.05) is 10.6 Å². The van der Waals surface area contributed by atoms with Crippen molar-refractivity contribution >= 4 is 45.4 Å². The number of rotatable bonds is 5. The predicted molar refractivity (Wildman–Crippen MR) is 108 cm³/mol. The molecular weight excluding hydrogens is 366 g/mol. The van der Waals surface area contributed by atoms with Crippen molar-refractivity contribution in [1.82, 2.24) is 4.98 Å². The zero-order chi connectivity index (χ0) is 17.9. The maximum Gasteiger partial charge on any atom is 0.227 e. The van der Waals surface area contributed by atoms with Gasteiger partial charge in [-0.3, -0.25) is 4.79 Å². The number of hydrogen-bond donors (Lipinski definition) is 2. The Labute approximate surface area is 161 Å². The zero-order valence-corrected chi connectivity index (χ0v) is 15.6. The molecule has 0 aliphatic heterocycles. The normalized spacial score (nSPS) is 13.9. The number of benzene rings is 2. The number of amides is 1. The fourth-order valence-corrected chi connectivity index (χ4v) is 3.72. The van der Waals surface area contributed by atoms with E-state index in [9.17, 15) is 4.79 Å². The van der Waals surface area contributed by atoms with Gasteiger partial charge < -0.3 is 10.6 Å². The van der Waals surface area contributed by atoms with Crippen LogP contribution in [0, 0.1) is 5.92 Å².